The molecule has 1 amide bonds. The Morgan fingerprint density at radius 2 is 2.35 bits per heavy atom. The van der Waals surface area contributed by atoms with Gasteiger partial charge >= 0.3 is 0 Å². The molecule has 1 aromatic carbocycles. The lowest BCUT2D eigenvalue weighted by atomic mass is 10.1. The molecule has 3 N–H and O–H groups in total. The number of aliphatic hydroxyl groups is 1. The predicted molar refractivity (Wildman–Crippen MR) is 70.7 cm³/mol. The molecule has 1 fully saturated rings. The molecule has 0 saturated carbocycles. The highest BCUT2D eigenvalue weighted by atomic mass is 35.5. The number of aliphatic hydroxyl groups excluding tert-OH is 1. The second-order valence-electron chi connectivity index (χ2n) is 4.70. The van der Waals surface area contributed by atoms with Crippen LogP contribution in [0.1, 0.15) is 18.1 Å². The fourth-order valence-corrected chi connectivity index (χ4v) is 2.28. The molecular formula is C13H15ClF2N2O2. The zero-order valence-corrected chi connectivity index (χ0v) is 11.3. The number of carbonyl (C=O) groups is 1. The van der Waals surface area contributed by atoms with Gasteiger partial charge in [-0.25, -0.2) is 8.78 Å². The van der Waals surface area contributed by atoms with Gasteiger partial charge in [0.05, 0.1) is 17.2 Å². The molecule has 1 aromatic rings. The molecule has 0 spiro atoms. The van der Waals surface area contributed by atoms with Crippen molar-refractivity contribution in [3.05, 3.63) is 34.6 Å². The fourth-order valence-electron chi connectivity index (χ4n) is 2.10. The van der Waals surface area contributed by atoms with Crippen LogP contribution in [0.5, 0.6) is 0 Å². The highest BCUT2D eigenvalue weighted by Gasteiger charge is 2.29. The van der Waals surface area contributed by atoms with Crippen LogP contribution in [-0.4, -0.2) is 36.3 Å². The van der Waals surface area contributed by atoms with Crippen LogP contribution in [0.15, 0.2) is 18.2 Å². The molecule has 0 radical (unpaired) electrons. The molecule has 7 heteroatoms. The van der Waals surface area contributed by atoms with E-state index in [-0.39, 0.29) is 30.1 Å². The lowest BCUT2D eigenvalue weighted by Gasteiger charge is -2.15. The van der Waals surface area contributed by atoms with Crippen LogP contribution in [0.4, 0.5) is 8.78 Å². The van der Waals surface area contributed by atoms with E-state index in [0.717, 1.165) is 0 Å². The largest absolute Gasteiger partial charge is 0.386 e. The van der Waals surface area contributed by atoms with Gasteiger partial charge in [-0.15, -0.1) is 0 Å². The Kier molecular flexibility index (Phi) is 4.91. The summed E-state index contributed by atoms with van der Waals surface area (Å²) in [6, 6.07) is 3.66. The fraction of sp³-hybridized carbons (Fsp3) is 0.462. The van der Waals surface area contributed by atoms with Gasteiger partial charge in [-0.3, -0.25) is 4.79 Å². The van der Waals surface area contributed by atoms with Crippen LogP contribution in [0, 0.1) is 5.82 Å². The molecule has 0 bridgehead atoms. The number of nitrogens with one attached hydrogen (secondary N) is 2. The van der Waals surface area contributed by atoms with Crippen molar-refractivity contribution in [3.63, 3.8) is 0 Å². The third-order valence-electron chi connectivity index (χ3n) is 3.20. The smallest absolute Gasteiger partial charge is 0.237 e. The molecule has 20 heavy (non-hydrogen) atoms. The quantitative estimate of drug-likeness (QED) is 0.786. The third-order valence-corrected chi connectivity index (χ3v) is 3.50. The molecular weight excluding hydrogens is 290 g/mol. The molecule has 2 unspecified atom stereocenters. The van der Waals surface area contributed by atoms with E-state index in [1.54, 1.807) is 0 Å². The zero-order valence-electron chi connectivity index (χ0n) is 10.6. The van der Waals surface area contributed by atoms with Crippen LogP contribution in [0.3, 0.4) is 0 Å². The van der Waals surface area contributed by atoms with Crippen LogP contribution >= 0.6 is 11.6 Å². The molecule has 1 aliphatic rings. The predicted octanol–water partition coefficient (Wildman–Crippen LogP) is 1.33. The second-order valence-corrected chi connectivity index (χ2v) is 5.11. The molecule has 2 rings (SSSR count). The van der Waals surface area contributed by atoms with Gasteiger partial charge in [-0.1, -0.05) is 23.7 Å². The summed E-state index contributed by atoms with van der Waals surface area (Å²) in [6.07, 6.45) is -2.14. The van der Waals surface area contributed by atoms with E-state index >= 15 is 0 Å². The van der Waals surface area contributed by atoms with Gasteiger partial charge < -0.3 is 15.7 Å². The van der Waals surface area contributed by atoms with E-state index in [0.29, 0.717) is 0 Å². The van der Waals surface area contributed by atoms with Crippen LogP contribution in [-0.2, 0) is 4.79 Å². The number of rotatable bonds is 4. The summed E-state index contributed by atoms with van der Waals surface area (Å²) in [6.45, 7) is -0.0191. The first-order valence-corrected chi connectivity index (χ1v) is 6.64. The third kappa shape index (κ3) is 3.45. The summed E-state index contributed by atoms with van der Waals surface area (Å²) >= 11 is 5.62. The number of halogens is 3. The molecule has 110 valence electrons. The normalized spacial score (nSPS) is 23.6. The Balaban J connectivity index is 1.90. The number of benzene rings is 1. The minimum absolute atomic E-state index is 0.0144. The van der Waals surface area contributed by atoms with Gasteiger partial charge in [-0.05, 0) is 6.07 Å². The minimum atomic E-state index is -1.21. The number of hydrogen-bond donors (Lipinski definition) is 3. The van der Waals surface area contributed by atoms with E-state index in [1.165, 1.54) is 18.2 Å². The maximum absolute atomic E-state index is 13.7. The zero-order chi connectivity index (χ0) is 14.7. The molecule has 1 saturated heterocycles. The Bertz CT molecular complexity index is 501. The first kappa shape index (κ1) is 15.2. The van der Waals surface area contributed by atoms with Crippen molar-refractivity contribution < 1.29 is 18.7 Å². The van der Waals surface area contributed by atoms with E-state index < -0.39 is 30.0 Å². The van der Waals surface area contributed by atoms with Gasteiger partial charge in [0.15, 0.2) is 0 Å². The van der Waals surface area contributed by atoms with Gasteiger partial charge in [0, 0.05) is 25.1 Å². The van der Waals surface area contributed by atoms with Crippen molar-refractivity contribution in [1.29, 1.82) is 0 Å². The Hall–Kier alpha value is -1.24. The first-order valence-electron chi connectivity index (χ1n) is 6.26. The first-order chi connectivity index (χ1) is 9.49. The summed E-state index contributed by atoms with van der Waals surface area (Å²) in [5, 5.41) is 15.0. The van der Waals surface area contributed by atoms with Crippen molar-refractivity contribution in [3.8, 4) is 0 Å². The molecule has 1 heterocycles. The molecule has 1 aliphatic heterocycles. The Morgan fingerprint density at radius 3 is 3.00 bits per heavy atom. The summed E-state index contributed by atoms with van der Waals surface area (Å²) in [5.74, 6) is -1.12. The average Bonchev–Trinajstić information content (AvgIpc) is 2.85. The number of amides is 1. The van der Waals surface area contributed by atoms with Crippen LogP contribution in [0.2, 0.25) is 5.02 Å². The van der Waals surface area contributed by atoms with Crippen molar-refractivity contribution >= 4 is 17.5 Å². The van der Waals surface area contributed by atoms with E-state index in [2.05, 4.69) is 10.6 Å². The molecule has 0 aromatic heterocycles. The lowest BCUT2D eigenvalue weighted by Crippen LogP contribution is -2.42. The molecule has 4 nitrogen and oxygen atoms in total. The van der Waals surface area contributed by atoms with E-state index in [9.17, 15) is 18.7 Å². The summed E-state index contributed by atoms with van der Waals surface area (Å²) in [5.41, 5.74) is 0.0144. The van der Waals surface area contributed by atoms with Crippen molar-refractivity contribution in [2.75, 3.05) is 13.1 Å². The van der Waals surface area contributed by atoms with Gasteiger partial charge in [-0.2, -0.15) is 0 Å². The van der Waals surface area contributed by atoms with Crippen molar-refractivity contribution in [2.24, 2.45) is 0 Å². The Morgan fingerprint density at radius 1 is 1.60 bits per heavy atom. The van der Waals surface area contributed by atoms with Crippen molar-refractivity contribution in [1.82, 2.24) is 10.6 Å². The molecule has 3 atom stereocenters. The van der Waals surface area contributed by atoms with E-state index in [1.807, 2.05) is 0 Å². The SMILES string of the molecule is O=C(NC[C@@H](O)c1cccc(Cl)c1F)C1CC(F)CN1. The lowest BCUT2D eigenvalue weighted by molar-refractivity contribution is -0.123. The number of alkyl halides is 1. The number of carbonyl (C=O) groups excluding carboxylic acids is 1. The van der Waals surface area contributed by atoms with Crippen molar-refractivity contribution in [2.45, 2.75) is 24.7 Å². The highest BCUT2D eigenvalue weighted by Crippen LogP contribution is 2.23. The summed E-state index contributed by atoms with van der Waals surface area (Å²) in [7, 11) is 0. The highest BCUT2D eigenvalue weighted by molar-refractivity contribution is 6.30. The summed E-state index contributed by atoms with van der Waals surface area (Å²) in [4.78, 5) is 11.7. The van der Waals surface area contributed by atoms with E-state index in [4.69, 9.17) is 11.6 Å². The summed E-state index contributed by atoms with van der Waals surface area (Å²) < 4.78 is 26.6. The standard InChI is InChI=1S/C13H15ClF2N2O2/c14-9-3-1-2-8(12(9)16)11(19)6-18-13(20)10-4-7(15)5-17-10/h1-3,7,10-11,17,19H,4-6H2,(H,18,20)/t7?,10?,11-/m1/s1. The van der Waals surface area contributed by atoms with Gasteiger partial charge in [0.2, 0.25) is 5.91 Å². The Labute approximate surface area is 120 Å². The average molecular weight is 305 g/mol. The molecule has 0 aliphatic carbocycles. The second kappa shape index (κ2) is 6.47. The topological polar surface area (TPSA) is 61.4 Å². The van der Waals surface area contributed by atoms with Crippen LogP contribution in [0.25, 0.3) is 0 Å². The van der Waals surface area contributed by atoms with Crippen LogP contribution < -0.4 is 10.6 Å². The monoisotopic (exact) mass is 304 g/mol. The van der Waals surface area contributed by atoms with Gasteiger partial charge in [0.1, 0.15) is 12.0 Å². The minimum Gasteiger partial charge on any atom is -0.386 e. The van der Waals surface area contributed by atoms with Gasteiger partial charge in [0.25, 0.3) is 0 Å². The maximum Gasteiger partial charge on any atom is 0.237 e. The maximum atomic E-state index is 13.7. The number of hydrogen-bond acceptors (Lipinski definition) is 3.